The van der Waals surface area contributed by atoms with E-state index in [-0.39, 0.29) is 18.3 Å². The van der Waals surface area contributed by atoms with Gasteiger partial charge < -0.3 is 9.84 Å². The van der Waals surface area contributed by atoms with Gasteiger partial charge in [0.05, 0.1) is 18.8 Å². The summed E-state index contributed by atoms with van der Waals surface area (Å²) in [7, 11) is 0. The quantitative estimate of drug-likeness (QED) is 0.907. The molecule has 2 rings (SSSR count). The minimum Gasteiger partial charge on any atom is -0.390 e. The fourth-order valence-electron chi connectivity index (χ4n) is 2.55. The second-order valence-corrected chi connectivity index (χ2v) is 5.59. The number of aliphatic hydroxyl groups is 1. The maximum absolute atomic E-state index is 13.7. The van der Waals surface area contributed by atoms with E-state index in [1.807, 2.05) is 0 Å². The smallest absolute Gasteiger partial charge is 0.127 e. The molecule has 0 aromatic heterocycles. The van der Waals surface area contributed by atoms with E-state index in [2.05, 4.69) is 11.8 Å². The lowest BCUT2D eigenvalue weighted by atomic mass is 10.0. The molecule has 5 heteroatoms. The first-order valence-corrected chi connectivity index (χ1v) is 7.44. The third kappa shape index (κ3) is 3.92. The third-order valence-electron chi connectivity index (χ3n) is 3.62. The van der Waals surface area contributed by atoms with E-state index in [9.17, 15) is 9.50 Å². The zero-order valence-electron chi connectivity index (χ0n) is 11.7. The van der Waals surface area contributed by atoms with Gasteiger partial charge in [-0.1, -0.05) is 24.6 Å². The molecule has 1 aromatic carbocycles. The molecule has 1 aromatic rings. The molecule has 0 aliphatic carbocycles. The molecule has 112 valence electrons. The zero-order valence-corrected chi connectivity index (χ0v) is 12.4. The third-order valence-corrected chi connectivity index (χ3v) is 3.98. The Balaban J connectivity index is 1.99. The highest BCUT2D eigenvalue weighted by atomic mass is 35.5. The summed E-state index contributed by atoms with van der Waals surface area (Å²) in [4.78, 5) is 2.26. The second kappa shape index (κ2) is 7.36. The SMILES string of the molecule is CCCN1CCOC(C(O)Cc2c(F)cccc2Cl)C1. The van der Waals surface area contributed by atoms with Crippen molar-refractivity contribution < 1.29 is 14.2 Å². The molecule has 0 radical (unpaired) electrons. The van der Waals surface area contributed by atoms with Crippen LogP contribution in [-0.2, 0) is 11.2 Å². The topological polar surface area (TPSA) is 32.7 Å². The average Bonchev–Trinajstić information content (AvgIpc) is 2.43. The standard InChI is InChI=1S/C15H21ClFNO2/c1-2-6-18-7-8-20-15(10-18)14(19)9-11-12(16)4-3-5-13(11)17/h3-5,14-15,19H,2,6-10H2,1H3. The van der Waals surface area contributed by atoms with Crippen LogP contribution in [0.3, 0.4) is 0 Å². The first-order valence-electron chi connectivity index (χ1n) is 7.06. The Morgan fingerprint density at radius 2 is 2.35 bits per heavy atom. The van der Waals surface area contributed by atoms with Crippen molar-refractivity contribution in [3.05, 3.63) is 34.6 Å². The zero-order chi connectivity index (χ0) is 14.5. The van der Waals surface area contributed by atoms with E-state index in [1.165, 1.54) is 6.07 Å². The van der Waals surface area contributed by atoms with E-state index in [4.69, 9.17) is 16.3 Å². The highest BCUT2D eigenvalue weighted by Crippen LogP contribution is 2.22. The van der Waals surface area contributed by atoms with Gasteiger partial charge in [0, 0.05) is 30.1 Å². The predicted molar refractivity (Wildman–Crippen MR) is 77.6 cm³/mol. The van der Waals surface area contributed by atoms with Gasteiger partial charge in [-0.2, -0.15) is 0 Å². The van der Waals surface area contributed by atoms with Crippen molar-refractivity contribution in [2.24, 2.45) is 0 Å². The van der Waals surface area contributed by atoms with Crippen molar-refractivity contribution >= 4 is 11.6 Å². The van der Waals surface area contributed by atoms with Crippen molar-refractivity contribution in [1.29, 1.82) is 0 Å². The lowest BCUT2D eigenvalue weighted by Crippen LogP contribution is -2.48. The molecule has 1 N–H and O–H groups in total. The van der Waals surface area contributed by atoms with Gasteiger partial charge >= 0.3 is 0 Å². The number of halogens is 2. The molecule has 0 amide bonds. The van der Waals surface area contributed by atoms with Gasteiger partial charge in [-0.25, -0.2) is 4.39 Å². The number of hydrogen-bond acceptors (Lipinski definition) is 3. The van der Waals surface area contributed by atoms with Gasteiger partial charge in [0.2, 0.25) is 0 Å². The van der Waals surface area contributed by atoms with Crippen LogP contribution in [0.15, 0.2) is 18.2 Å². The van der Waals surface area contributed by atoms with Gasteiger partial charge in [-0.05, 0) is 25.1 Å². The highest BCUT2D eigenvalue weighted by molar-refractivity contribution is 6.31. The Labute approximate surface area is 124 Å². The van der Waals surface area contributed by atoms with Crippen LogP contribution in [0.4, 0.5) is 4.39 Å². The lowest BCUT2D eigenvalue weighted by molar-refractivity contribution is -0.0878. The van der Waals surface area contributed by atoms with Crippen molar-refractivity contribution in [2.45, 2.75) is 32.0 Å². The molecular weight excluding hydrogens is 281 g/mol. The Bertz CT molecular complexity index is 422. The van der Waals surface area contributed by atoms with Crippen LogP contribution in [0.1, 0.15) is 18.9 Å². The van der Waals surface area contributed by atoms with Gasteiger partial charge in [0.15, 0.2) is 0 Å². The molecule has 1 heterocycles. The Morgan fingerprint density at radius 3 is 3.05 bits per heavy atom. The van der Waals surface area contributed by atoms with E-state index in [0.717, 1.165) is 19.5 Å². The van der Waals surface area contributed by atoms with Crippen molar-refractivity contribution in [1.82, 2.24) is 4.90 Å². The van der Waals surface area contributed by atoms with Crippen LogP contribution in [0, 0.1) is 5.82 Å². The lowest BCUT2D eigenvalue weighted by Gasteiger charge is -2.35. The first-order chi connectivity index (χ1) is 9.61. The molecular formula is C15H21ClFNO2. The predicted octanol–water partition coefficient (Wildman–Crippen LogP) is 2.49. The fourth-order valence-corrected chi connectivity index (χ4v) is 2.79. The summed E-state index contributed by atoms with van der Waals surface area (Å²) in [5, 5.41) is 10.6. The van der Waals surface area contributed by atoms with Crippen LogP contribution in [0.25, 0.3) is 0 Å². The maximum atomic E-state index is 13.7. The summed E-state index contributed by atoms with van der Waals surface area (Å²) in [5.41, 5.74) is 0.359. The molecule has 0 saturated carbocycles. The molecule has 2 atom stereocenters. The molecule has 0 spiro atoms. The Hall–Kier alpha value is -0.680. The van der Waals surface area contributed by atoms with Gasteiger partial charge in [0.25, 0.3) is 0 Å². The molecule has 0 bridgehead atoms. The first kappa shape index (κ1) is 15.7. The minimum absolute atomic E-state index is 0.177. The molecule has 1 aliphatic rings. The minimum atomic E-state index is -0.746. The summed E-state index contributed by atoms with van der Waals surface area (Å²) in [6.07, 6.45) is 0.216. The largest absolute Gasteiger partial charge is 0.390 e. The number of benzene rings is 1. The number of rotatable bonds is 5. The number of nitrogens with zero attached hydrogens (tertiary/aromatic N) is 1. The van der Waals surface area contributed by atoms with E-state index in [1.54, 1.807) is 12.1 Å². The summed E-state index contributed by atoms with van der Waals surface area (Å²) in [5.74, 6) is -0.377. The fraction of sp³-hybridized carbons (Fsp3) is 0.600. The molecule has 1 aliphatic heterocycles. The van der Waals surface area contributed by atoms with Gasteiger partial charge in [0.1, 0.15) is 5.82 Å². The molecule has 20 heavy (non-hydrogen) atoms. The van der Waals surface area contributed by atoms with Crippen LogP contribution in [0.5, 0.6) is 0 Å². The van der Waals surface area contributed by atoms with Crippen molar-refractivity contribution in [2.75, 3.05) is 26.2 Å². The summed E-state index contributed by atoms with van der Waals surface area (Å²) in [6, 6.07) is 4.56. The number of ether oxygens (including phenoxy) is 1. The Morgan fingerprint density at radius 1 is 1.55 bits per heavy atom. The highest BCUT2D eigenvalue weighted by Gasteiger charge is 2.27. The molecule has 2 unspecified atom stereocenters. The summed E-state index contributed by atoms with van der Waals surface area (Å²) >= 11 is 5.99. The van der Waals surface area contributed by atoms with Crippen LogP contribution >= 0.6 is 11.6 Å². The van der Waals surface area contributed by atoms with Crippen LogP contribution in [-0.4, -0.2) is 48.5 Å². The Kier molecular flexibility index (Phi) is 5.78. The second-order valence-electron chi connectivity index (χ2n) is 5.18. The van der Waals surface area contributed by atoms with E-state index in [0.29, 0.717) is 23.7 Å². The molecule has 1 saturated heterocycles. The van der Waals surface area contributed by atoms with Crippen molar-refractivity contribution in [3.8, 4) is 0 Å². The normalized spacial score (nSPS) is 21.9. The summed E-state index contributed by atoms with van der Waals surface area (Å²) < 4.78 is 19.3. The maximum Gasteiger partial charge on any atom is 0.127 e. The van der Waals surface area contributed by atoms with Gasteiger partial charge in [-0.3, -0.25) is 4.90 Å². The molecule has 3 nitrogen and oxygen atoms in total. The number of morpholine rings is 1. The van der Waals surface area contributed by atoms with Gasteiger partial charge in [-0.15, -0.1) is 0 Å². The number of hydrogen-bond donors (Lipinski definition) is 1. The van der Waals surface area contributed by atoms with E-state index >= 15 is 0 Å². The molecule has 1 fully saturated rings. The van der Waals surface area contributed by atoms with Crippen molar-refractivity contribution in [3.63, 3.8) is 0 Å². The number of aliphatic hydroxyl groups excluding tert-OH is 1. The monoisotopic (exact) mass is 301 g/mol. The van der Waals surface area contributed by atoms with E-state index < -0.39 is 6.10 Å². The van der Waals surface area contributed by atoms with Crippen LogP contribution in [0.2, 0.25) is 5.02 Å². The summed E-state index contributed by atoms with van der Waals surface area (Å²) in [6.45, 7) is 5.29. The van der Waals surface area contributed by atoms with Crippen LogP contribution < -0.4 is 0 Å². The average molecular weight is 302 g/mol.